The van der Waals surface area contributed by atoms with Crippen LogP contribution in [0, 0.1) is 11.8 Å². The molecule has 4 N–H and O–H groups in total. The molecule has 7 nitrogen and oxygen atoms in total. The number of rotatable bonds is 5. The minimum absolute atomic E-state index is 0.00924. The number of nitrogens with zero attached hydrogens (tertiary/aromatic N) is 1. The first-order chi connectivity index (χ1) is 13.3. The van der Waals surface area contributed by atoms with Crippen LogP contribution in [0.5, 0.6) is 5.75 Å². The SMILES string of the molecule is C[C@@H](O)C1C(=O)N2C(C(=O)O)=C(CNc3cccc4c(O)cccc34)[C@H](C)C12. The number of aliphatic hydroxyl groups is 1. The van der Waals surface area contributed by atoms with Crippen LogP contribution in [0.3, 0.4) is 0 Å². The number of fused-ring (bicyclic) bond motifs is 2. The second-order valence-electron chi connectivity index (χ2n) is 7.46. The number of carbonyl (C=O) groups is 2. The van der Waals surface area contributed by atoms with E-state index >= 15 is 0 Å². The van der Waals surface area contributed by atoms with Crippen molar-refractivity contribution in [3.05, 3.63) is 47.7 Å². The molecule has 2 aromatic carbocycles. The Morgan fingerprint density at radius 2 is 1.89 bits per heavy atom. The van der Waals surface area contributed by atoms with Crippen molar-refractivity contribution in [3.63, 3.8) is 0 Å². The number of carboxylic acid groups (broad SMARTS) is 1. The molecular weight excluding hydrogens is 360 g/mol. The van der Waals surface area contributed by atoms with Gasteiger partial charge in [0, 0.05) is 28.9 Å². The summed E-state index contributed by atoms with van der Waals surface area (Å²) in [4.78, 5) is 25.6. The smallest absolute Gasteiger partial charge is 0.352 e. The Morgan fingerprint density at radius 3 is 2.57 bits per heavy atom. The van der Waals surface area contributed by atoms with Gasteiger partial charge in [-0.15, -0.1) is 0 Å². The van der Waals surface area contributed by atoms with E-state index < -0.39 is 18.0 Å². The van der Waals surface area contributed by atoms with Crippen LogP contribution < -0.4 is 5.32 Å². The number of amides is 1. The highest BCUT2D eigenvalue weighted by Gasteiger charge is 2.59. The molecule has 4 rings (SSSR count). The predicted octanol–water partition coefficient (Wildman–Crippen LogP) is 2.15. The van der Waals surface area contributed by atoms with Gasteiger partial charge in [0.25, 0.3) is 0 Å². The summed E-state index contributed by atoms with van der Waals surface area (Å²) in [5.74, 6) is -2.06. The van der Waals surface area contributed by atoms with Crippen molar-refractivity contribution in [1.82, 2.24) is 4.90 Å². The standard InChI is InChI=1S/C21H22N2O5/c1-10-14(19(21(27)28)23-18(10)17(11(2)24)20(23)26)9-22-15-7-3-6-13-12(15)5-4-8-16(13)25/h3-8,10-11,17-18,22,24-25H,9H2,1-2H3,(H,27,28)/t10-,11+,17?,18?/m0/s1. The van der Waals surface area contributed by atoms with Gasteiger partial charge < -0.3 is 25.5 Å². The molecule has 2 unspecified atom stereocenters. The van der Waals surface area contributed by atoms with E-state index in [-0.39, 0.29) is 35.9 Å². The number of carboxylic acids is 1. The summed E-state index contributed by atoms with van der Waals surface area (Å²) in [6, 6.07) is 10.4. The highest BCUT2D eigenvalue weighted by Crippen LogP contribution is 2.47. The fourth-order valence-corrected chi connectivity index (χ4v) is 4.52. The maximum Gasteiger partial charge on any atom is 0.352 e. The van der Waals surface area contributed by atoms with E-state index in [0.717, 1.165) is 11.1 Å². The molecule has 1 saturated heterocycles. The van der Waals surface area contributed by atoms with E-state index in [9.17, 15) is 24.9 Å². The second-order valence-corrected chi connectivity index (χ2v) is 7.46. The molecule has 0 saturated carbocycles. The Kier molecular flexibility index (Phi) is 4.27. The molecule has 1 fully saturated rings. The Morgan fingerprint density at radius 1 is 1.21 bits per heavy atom. The van der Waals surface area contributed by atoms with Crippen molar-refractivity contribution in [2.24, 2.45) is 11.8 Å². The number of aliphatic hydroxyl groups excluding tert-OH is 1. The zero-order valence-corrected chi connectivity index (χ0v) is 15.6. The van der Waals surface area contributed by atoms with Crippen molar-refractivity contribution < 1.29 is 24.9 Å². The average Bonchev–Trinajstić information content (AvgIpc) is 2.89. The highest BCUT2D eigenvalue weighted by molar-refractivity contribution is 6.00. The summed E-state index contributed by atoms with van der Waals surface area (Å²) in [5, 5.41) is 34.4. The summed E-state index contributed by atoms with van der Waals surface area (Å²) in [7, 11) is 0. The lowest BCUT2D eigenvalue weighted by molar-refractivity contribution is -0.163. The molecule has 0 aliphatic carbocycles. The molecule has 0 spiro atoms. The van der Waals surface area contributed by atoms with E-state index in [1.165, 1.54) is 4.90 Å². The zero-order valence-electron chi connectivity index (χ0n) is 15.6. The molecule has 28 heavy (non-hydrogen) atoms. The second kappa shape index (κ2) is 6.53. The molecule has 2 heterocycles. The molecule has 0 radical (unpaired) electrons. The summed E-state index contributed by atoms with van der Waals surface area (Å²) in [5.41, 5.74) is 1.41. The van der Waals surface area contributed by atoms with Crippen LogP contribution in [-0.4, -0.2) is 50.8 Å². The van der Waals surface area contributed by atoms with E-state index in [0.29, 0.717) is 11.0 Å². The molecule has 7 heteroatoms. The number of aromatic hydroxyl groups is 1. The van der Waals surface area contributed by atoms with Crippen LogP contribution in [0.15, 0.2) is 47.7 Å². The topological polar surface area (TPSA) is 110 Å². The average molecular weight is 382 g/mol. The number of phenolic OH excluding ortho intramolecular Hbond substituents is 1. The number of nitrogens with one attached hydrogen (secondary N) is 1. The van der Waals surface area contributed by atoms with Gasteiger partial charge in [-0.05, 0) is 24.6 Å². The van der Waals surface area contributed by atoms with Crippen LogP contribution in [0.1, 0.15) is 13.8 Å². The molecule has 1 amide bonds. The Hall–Kier alpha value is -3.06. The maximum absolute atomic E-state index is 12.4. The van der Waals surface area contributed by atoms with Gasteiger partial charge in [0.15, 0.2) is 0 Å². The predicted molar refractivity (Wildman–Crippen MR) is 104 cm³/mol. The first-order valence-corrected chi connectivity index (χ1v) is 9.25. The fourth-order valence-electron chi connectivity index (χ4n) is 4.52. The number of hydrogen-bond donors (Lipinski definition) is 4. The van der Waals surface area contributed by atoms with Gasteiger partial charge in [-0.3, -0.25) is 4.79 Å². The molecule has 146 valence electrons. The van der Waals surface area contributed by atoms with Crippen LogP contribution >= 0.6 is 0 Å². The van der Waals surface area contributed by atoms with Crippen molar-refractivity contribution in [2.45, 2.75) is 26.0 Å². The molecule has 2 aromatic rings. The van der Waals surface area contributed by atoms with Gasteiger partial charge in [0.2, 0.25) is 5.91 Å². The van der Waals surface area contributed by atoms with E-state index in [1.54, 1.807) is 19.1 Å². The van der Waals surface area contributed by atoms with Crippen molar-refractivity contribution in [2.75, 3.05) is 11.9 Å². The van der Waals surface area contributed by atoms with Gasteiger partial charge in [-0.2, -0.15) is 0 Å². The normalized spacial score (nSPS) is 24.9. The minimum Gasteiger partial charge on any atom is -0.507 e. The number of phenols is 1. The number of aliphatic carboxylic acids is 1. The van der Waals surface area contributed by atoms with E-state index in [4.69, 9.17) is 0 Å². The lowest BCUT2D eigenvalue weighted by atomic mass is 9.78. The van der Waals surface area contributed by atoms with Gasteiger partial charge in [-0.1, -0.05) is 31.2 Å². The molecule has 4 atom stereocenters. The van der Waals surface area contributed by atoms with Crippen molar-refractivity contribution in [3.8, 4) is 5.75 Å². The monoisotopic (exact) mass is 382 g/mol. The number of anilines is 1. The number of benzene rings is 2. The Labute approximate surface area is 161 Å². The number of hydrogen-bond acceptors (Lipinski definition) is 5. The van der Waals surface area contributed by atoms with Crippen LogP contribution in [0.2, 0.25) is 0 Å². The molecular formula is C21H22N2O5. The van der Waals surface area contributed by atoms with E-state index in [2.05, 4.69) is 5.32 Å². The summed E-state index contributed by atoms with van der Waals surface area (Å²) in [6.45, 7) is 3.71. The van der Waals surface area contributed by atoms with Crippen molar-refractivity contribution >= 4 is 28.3 Å². The third kappa shape index (κ3) is 2.54. The van der Waals surface area contributed by atoms with E-state index in [1.807, 2.05) is 31.2 Å². The lowest BCUT2D eigenvalue weighted by Gasteiger charge is -2.46. The summed E-state index contributed by atoms with van der Waals surface area (Å²) >= 11 is 0. The third-order valence-electron chi connectivity index (χ3n) is 5.89. The Bertz CT molecular complexity index is 1010. The number of β-lactam (4-membered cyclic amide) rings is 1. The van der Waals surface area contributed by atoms with Crippen LogP contribution in [0.4, 0.5) is 5.69 Å². The van der Waals surface area contributed by atoms with Crippen LogP contribution in [-0.2, 0) is 9.59 Å². The summed E-state index contributed by atoms with van der Waals surface area (Å²) in [6.07, 6.45) is -0.820. The first kappa shape index (κ1) is 18.3. The fraction of sp³-hybridized carbons (Fsp3) is 0.333. The largest absolute Gasteiger partial charge is 0.507 e. The van der Waals surface area contributed by atoms with Gasteiger partial charge in [0.1, 0.15) is 11.4 Å². The maximum atomic E-state index is 12.4. The lowest BCUT2D eigenvalue weighted by Crippen LogP contribution is -2.63. The minimum atomic E-state index is -1.14. The number of carbonyl (C=O) groups excluding carboxylic acids is 1. The Balaban J connectivity index is 1.66. The molecule has 0 bridgehead atoms. The first-order valence-electron chi connectivity index (χ1n) is 9.25. The summed E-state index contributed by atoms with van der Waals surface area (Å²) < 4.78 is 0. The van der Waals surface area contributed by atoms with Crippen LogP contribution in [0.25, 0.3) is 10.8 Å². The highest BCUT2D eigenvalue weighted by atomic mass is 16.4. The van der Waals surface area contributed by atoms with Gasteiger partial charge >= 0.3 is 5.97 Å². The molecule has 2 aliphatic heterocycles. The zero-order chi connectivity index (χ0) is 20.2. The van der Waals surface area contributed by atoms with Crippen molar-refractivity contribution in [1.29, 1.82) is 0 Å². The third-order valence-corrected chi connectivity index (χ3v) is 5.89. The molecule has 0 aromatic heterocycles. The quantitative estimate of drug-likeness (QED) is 0.590. The van der Waals surface area contributed by atoms with Gasteiger partial charge in [-0.25, -0.2) is 4.79 Å². The van der Waals surface area contributed by atoms with Gasteiger partial charge in [0.05, 0.1) is 18.1 Å². The molecule has 2 aliphatic rings.